The van der Waals surface area contributed by atoms with Gasteiger partial charge >= 0.3 is 0 Å². The fourth-order valence-electron chi connectivity index (χ4n) is 3.00. The van der Waals surface area contributed by atoms with Gasteiger partial charge in [-0.1, -0.05) is 0 Å². The first kappa shape index (κ1) is 20.7. The first-order valence-corrected chi connectivity index (χ1v) is 11.4. The van der Waals surface area contributed by atoms with Crippen molar-refractivity contribution in [1.82, 2.24) is 14.6 Å². The van der Waals surface area contributed by atoms with Gasteiger partial charge in [-0.05, 0) is 30.7 Å². The van der Waals surface area contributed by atoms with Crippen molar-refractivity contribution in [3.05, 3.63) is 41.4 Å². The highest BCUT2D eigenvalue weighted by atomic mass is 32.2. The van der Waals surface area contributed by atoms with E-state index in [1.54, 1.807) is 29.7 Å². The topological polar surface area (TPSA) is 91.8 Å². The summed E-state index contributed by atoms with van der Waals surface area (Å²) in [5.74, 6) is -0.0859. The van der Waals surface area contributed by atoms with Crippen LogP contribution in [0.25, 0.3) is 0 Å². The normalized spacial score (nSPS) is 15.5. The Labute approximate surface area is 169 Å². The predicted octanol–water partition coefficient (Wildman–Crippen LogP) is 1.42. The lowest BCUT2D eigenvalue weighted by Gasteiger charge is -2.22. The molecule has 2 aromatic rings. The minimum atomic E-state index is -3.61. The number of nitrogens with one attached hydrogen (secondary N) is 1. The summed E-state index contributed by atoms with van der Waals surface area (Å²) < 4.78 is 31.7. The molecule has 1 saturated heterocycles. The van der Waals surface area contributed by atoms with E-state index in [1.807, 2.05) is 10.3 Å². The zero-order valence-corrected chi connectivity index (χ0v) is 17.3. The van der Waals surface area contributed by atoms with Gasteiger partial charge in [0.15, 0.2) is 5.13 Å². The molecule has 0 atom stereocenters. The Morgan fingerprint density at radius 2 is 2.00 bits per heavy atom. The second-order valence-electron chi connectivity index (χ2n) is 6.36. The van der Waals surface area contributed by atoms with Gasteiger partial charge in [-0.25, -0.2) is 18.1 Å². The van der Waals surface area contributed by atoms with Crippen LogP contribution in [0.5, 0.6) is 0 Å². The van der Waals surface area contributed by atoms with Crippen molar-refractivity contribution in [3.8, 4) is 0 Å². The molecule has 0 aliphatic carbocycles. The minimum absolute atomic E-state index is 0.0859. The molecule has 8 nitrogen and oxygen atoms in total. The van der Waals surface area contributed by atoms with Crippen LogP contribution in [-0.2, 0) is 14.8 Å². The van der Waals surface area contributed by atoms with Gasteiger partial charge < -0.3 is 14.5 Å². The number of hydrogen-bond donors (Lipinski definition) is 1. The number of hydrogen-bond acceptors (Lipinski definition) is 7. The summed E-state index contributed by atoms with van der Waals surface area (Å²) in [6.45, 7) is 3.36. The highest BCUT2D eigenvalue weighted by Gasteiger charge is 2.22. The fraction of sp³-hybridized carbons (Fsp3) is 0.444. The molecule has 1 amide bonds. The highest BCUT2D eigenvalue weighted by Crippen LogP contribution is 2.20. The molecule has 1 N–H and O–H groups in total. The molecule has 152 valence electrons. The molecular formula is C18H24N4O4S2. The van der Waals surface area contributed by atoms with Gasteiger partial charge in [0.1, 0.15) is 0 Å². The van der Waals surface area contributed by atoms with Crippen molar-refractivity contribution in [2.75, 3.05) is 51.3 Å². The number of aromatic nitrogens is 1. The largest absolute Gasteiger partial charge is 0.383 e. The average Bonchev–Trinajstić information content (AvgIpc) is 3.12. The van der Waals surface area contributed by atoms with Gasteiger partial charge in [-0.15, -0.1) is 11.3 Å². The van der Waals surface area contributed by atoms with Crippen molar-refractivity contribution in [2.24, 2.45) is 0 Å². The maximum atomic E-state index is 12.8. The molecule has 1 fully saturated rings. The molecule has 28 heavy (non-hydrogen) atoms. The first-order chi connectivity index (χ1) is 13.5. The van der Waals surface area contributed by atoms with Gasteiger partial charge in [0.05, 0.1) is 11.5 Å². The molecule has 0 bridgehead atoms. The summed E-state index contributed by atoms with van der Waals surface area (Å²) >= 11 is 1.60. The van der Waals surface area contributed by atoms with Crippen LogP contribution in [0.2, 0.25) is 0 Å². The lowest BCUT2D eigenvalue weighted by molar-refractivity contribution is 0.0767. The summed E-state index contributed by atoms with van der Waals surface area (Å²) in [5.41, 5.74) is 0.485. The number of thiazole rings is 1. The Bertz CT molecular complexity index is 870. The van der Waals surface area contributed by atoms with Gasteiger partial charge in [0.25, 0.3) is 5.91 Å². The van der Waals surface area contributed by atoms with Crippen LogP contribution in [0, 0.1) is 0 Å². The molecule has 0 radical (unpaired) electrons. The minimum Gasteiger partial charge on any atom is -0.383 e. The van der Waals surface area contributed by atoms with E-state index in [1.165, 1.54) is 19.2 Å². The van der Waals surface area contributed by atoms with Crippen LogP contribution in [0.1, 0.15) is 16.8 Å². The second kappa shape index (κ2) is 9.46. The molecule has 0 spiro atoms. The summed E-state index contributed by atoms with van der Waals surface area (Å²) in [7, 11) is -2.10. The van der Waals surface area contributed by atoms with E-state index < -0.39 is 10.0 Å². The van der Waals surface area contributed by atoms with Crippen LogP contribution < -0.4 is 9.62 Å². The van der Waals surface area contributed by atoms with Crippen molar-refractivity contribution in [1.29, 1.82) is 0 Å². The molecule has 10 heteroatoms. The van der Waals surface area contributed by atoms with E-state index in [2.05, 4.69) is 14.6 Å². The molecule has 1 aliphatic rings. The van der Waals surface area contributed by atoms with Crippen LogP contribution in [0.15, 0.2) is 40.7 Å². The summed E-state index contributed by atoms with van der Waals surface area (Å²) in [4.78, 5) is 21.3. The Morgan fingerprint density at radius 1 is 1.21 bits per heavy atom. The Morgan fingerprint density at radius 3 is 2.68 bits per heavy atom. The number of amides is 1. The highest BCUT2D eigenvalue weighted by molar-refractivity contribution is 7.89. The van der Waals surface area contributed by atoms with Gasteiger partial charge in [0, 0.05) is 57.0 Å². The molecule has 0 unspecified atom stereocenters. The summed E-state index contributed by atoms with van der Waals surface area (Å²) in [6, 6.07) is 6.05. The number of carbonyl (C=O) groups excluding carboxylic acids is 1. The zero-order chi connectivity index (χ0) is 20.0. The van der Waals surface area contributed by atoms with Gasteiger partial charge in [-0.3, -0.25) is 4.79 Å². The van der Waals surface area contributed by atoms with Crippen molar-refractivity contribution >= 4 is 32.4 Å². The van der Waals surface area contributed by atoms with E-state index in [0.29, 0.717) is 25.3 Å². The molecule has 1 aromatic heterocycles. The maximum absolute atomic E-state index is 12.8. The number of benzene rings is 1. The second-order valence-corrected chi connectivity index (χ2v) is 9.00. The van der Waals surface area contributed by atoms with Crippen LogP contribution in [-0.4, -0.2) is 70.6 Å². The number of sulfonamides is 1. The molecule has 3 rings (SSSR count). The van der Waals surface area contributed by atoms with Gasteiger partial charge in [0.2, 0.25) is 10.0 Å². The lowest BCUT2D eigenvalue weighted by atomic mass is 10.2. The SMILES string of the molecule is COCCNS(=O)(=O)c1ccc(C(=O)N2CCCN(c3nccs3)CC2)cc1. The number of nitrogens with zero attached hydrogens (tertiary/aromatic N) is 3. The van der Waals surface area contributed by atoms with E-state index in [4.69, 9.17) is 4.74 Å². The van der Waals surface area contributed by atoms with E-state index >= 15 is 0 Å². The van der Waals surface area contributed by atoms with Crippen LogP contribution in [0.3, 0.4) is 0 Å². The molecular weight excluding hydrogens is 400 g/mol. The smallest absolute Gasteiger partial charge is 0.253 e. The fourth-order valence-corrected chi connectivity index (χ4v) is 4.71. The molecule has 2 heterocycles. The predicted molar refractivity (Wildman–Crippen MR) is 108 cm³/mol. The number of carbonyl (C=O) groups is 1. The van der Waals surface area contributed by atoms with E-state index in [-0.39, 0.29) is 17.3 Å². The van der Waals surface area contributed by atoms with Crippen molar-refractivity contribution in [3.63, 3.8) is 0 Å². The Kier molecular flexibility index (Phi) is 7.00. The van der Waals surface area contributed by atoms with E-state index in [9.17, 15) is 13.2 Å². The van der Waals surface area contributed by atoms with Gasteiger partial charge in [-0.2, -0.15) is 0 Å². The van der Waals surface area contributed by atoms with Crippen molar-refractivity contribution in [2.45, 2.75) is 11.3 Å². The van der Waals surface area contributed by atoms with Crippen LogP contribution >= 0.6 is 11.3 Å². The number of ether oxygens (including phenoxy) is 1. The Hall–Kier alpha value is -2.01. The number of anilines is 1. The molecule has 1 aromatic carbocycles. The summed E-state index contributed by atoms with van der Waals surface area (Å²) in [5, 5.41) is 2.92. The number of rotatable bonds is 7. The maximum Gasteiger partial charge on any atom is 0.253 e. The zero-order valence-electron chi connectivity index (χ0n) is 15.7. The van der Waals surface area contributed by atoms with Crippen molar-refractivity contribution < 1.29 is 17.9 Å². The lowest BCUT2D eigenvalue weighted by Crippen LogP contribution is -2.35. The first-order valence-electron chi connectivity index (χ1n) is 9.03. The third-order valence-corrected chi connectivity index (χ3v) is 6.79. The standard InChI is InChI=1S/C18H24N4O4S2/c1-26-13-7-20-28(24,25)16-5-3-15(4-6-16)17(23)21-9-2-10-22(12-11-21)18-19-8-14-27-18/h3-6,8,14,20H,2,7,9-13H2,1H3. The monoisotopic (exact) mass is 424 g/mol. The number of methoxy groups -OCH3 is 1. The molecule has 0 saturated carbocycles. The average molecular weight is 425 g/mol. The third-order valence-electron chi connectivity index (χ3n) is 4.48. The third kappa shape index (κ3) is 5.07. The van der Waals surface area contributed by atoms with Crippen LogP contribution in [0.4, 0.5) is 5.13 Å². The Balaban J connectivity index is 1.63. The van der Waals surface area contributed by atoms with E-state index in [0.717, 1.165) is 24.6 Å². The summed E-state index contributed by atoms with van der Waals surface area (Å²) in [6.07, 6.45) is 2.65. The molecule has 1 aliphatic heterocycles. The quantitative estimate of drug-likeness (QED) is 0.676.